The predicted molar refractivity (Wildman–Crippen MR) is 136 cm³/mol. The minimum atomic E-state index is -2.36. The Morgan fingerprint density at radius 2 is 1.52 bits per heavy atom. The van der Waals surface area contributed by atoms with Crippen molar-refractivity contribution in [2.24, 2.45) is 0 Å². The predicted octanol–water partition coefficient (Wildman–Crippen LogP) is 6.53. The molecule has 0 radical (unpaired) electrons. The van der Waals surface area contributed by atoms with Crippen LogP contribution in [0, 0.1) is 36.0 Å². The highest BCUT2D eigenvalue weighted by atomic mass is 19.2. The van der Waals surface area contributed by atoms with Gasteiger partial charge in [-0.3, -0.25) is 4.79 Å². The molecule has 3 aromatic rings. The summed E-state index contributed by atoms with van der Waals surface area (Å²) in [5, 5.41) is 0. The zero-order valence-electron chi connectivity index (χ0n) is 21.9. The second-order valence-corrected chi connectivity index (χ2v) is 8.90. The summed E-state index contributed by atoms with van der Waals surface area (Å²) in [4.78, 5) is 27.7. The maximum absolute atomic E-state index is 13.9. The number of carbonyl (C=O) groups is 2. The van der Waals surface area contributed by atoms with Crippen LogP contribution >= 0.6 is 0 Å². The van der Waals surface area contributed by atoms with Gasteiger partial charge < -0.3 is 19.1 Å². The van der Waals surface area contributed by atoms with E-state index in [1.807, 2.05) is 24.3 Å². The number of allylic oxidation sites excluding steroid dienone is 1. The van der Waals surface area contributed by atoms with E-state index in [-0.39, 0.29) is 28.6 Å². The molecule has 0 bridgehead atoms. The number of fused-ring (bicyclic) bond motifs is 1. The fourth-order valence-corrected chi connectivity index (χ4v) is 4.17. The average molecular weight is 562 g/mol. The number of halogens is 5. The van der Waals surface area contributed by atoms with Gasteiger partial charge in [-0.1, -0.05) is 12.1 Å². The van der Waals surface area contributed by atoms with Crippen molar-refractivity contribution in [1.82, 2.24) is 0 Å². The van der Waals surface area contributed by atoms with Crippen LogP contribution in [0.4, 0.5) is 27.6 Å². The summed E-state index contributed by atoms with van der Waals surface area (Å²) >= 11 is 0. The van der Waals surface area contributed by atoms with Gasteiger partial charge in [-0.2, -0.15) is 8.78 Å². The molecule has 1 heterocycles. The van der Waals surface area contributed by atoms with Gasteiger partial charge in [0.15, 0.2) is 17.6 Å². The van der Waals surface area contributed by atoms with Crippen LogP contribution in [-0.4, -0.2) is 30.9 Å². The van der Waals surface area contributed by atoms with E-state index in [0.29, 0.717) is 5.56 Å². The van der Waals surface area contributed by atoms with Gasteiger partial charge in [0.05, 0.1) is 5.56 Å². The SMILES string of the molecule is CCN(CC)c1ccc(/C=C2\Oc3cc(OC(=O)C(C)Oc4c(F)c(F)c(F)c(F)c4F)cc(C)c3C2=O)cc1. The zero-order valence-corrected chi connectivity index (χ0v) is 21.9. The Hall–Kier alpha value is -4.41. The number of ether oxygens (including phenoxy) is 3. The molecule has 3 aromatic carbocycles. The van der Waals surface area contributed by atoms with Crippen molar-refractivity contribution < 1.29 is 45.8 Å². The average Bonchev–Trinajstić information content (AvgIpc) is 3.25. The Morgan fingerprint density at radius 3 is 2.10 bits per heavy atom. The first-order valence-corrected chi connectivity index (χ1v) is 12.3. The van der Waals surface area contributed by atoms with Crippen molar-refractivity contribution in [2.75, 3.05) is 18.0 Å². The number of hydrogen-bond donors (Lipinski definition) is 0. The zero-order chi connectivity index (χ0) is 29.3. The summed E-state index contributed by atoms with van der Waals surface area (Å²) in [6.07, 6.45) is -0.182. The summed E-state index contributed by atoms with van der Waals surface area (Å²) in [5.74, 6) is -14.3. The molecule has 0 amide bonds. The third kappa shape index (κ3) is 5.36. The van der Waals surface area contributed by atoms with Crippen molar-refractivity contribution >= 4 is 23.5 Å². The lowest BCUT2D eigenvalue weighted by molar-refractivity contribution is -0.141. The Balaban J connectivity index is 1.51. The van der Waals surface area contributed by atoms with E-state index in [1.54, 1.807) is 13.0 Å². The molecule has 4 rings (SSSR count). The van der Waals surface area contributed by atoms with Crippen molar-refractivity contribution in [3.8, 4) is 17.2 Å². The lowest BCUT2D eigenvalue weighted by Crippen LogP contribution is -2.29. The van der Waals surface area contributed by atoms with Crippen molar-refractivity contribution in [1.29, 1.82) is 0 Å². The molecule has 1 aliphatic rings. The number of ketones is 1. The summed E-state index contributed by atoms with van der Waals surface area (Å²) in [6, 6.07) is 10.2. The number of esters is 1. The quantitative estimate of drug-likeness (QED) is 0.0779. The van der Waals surface area contributed by atoms with Gasteiger partial charge in [-0.15, -0.1) is 0 Å². The standard InChI is InChI=1S/C29H24F5NO5/c1-5-35(6-2)17-9-7-16(8-10-17)12-20-27(36)21-14(3)11-18(13-19(21)40-20)39-29(37)15(4)38-28-25(33)23(31)22(30)24(32)26(28)34/h7-13,15H,5-6H2,1-4H3/b20-12-. The van der Waals surface area contributed by atoms with E-state index in [4.69, 9.17) is 14.2 Å². The minimum Gasteiger partial charge on any atom is -0.473 e. The molecule has 0 fully saturated rings. The van der Waals surface area contributed by atoms with Crippen molar-refractivity contribution in [2.45, 2.75) is 33.8 Å². The highest BCUT2D eigenvalue weighted by Crippen LogP contribution is 2.38. The van der Waals surface area contributed by atoms with Gasteiger partial charge in [0, 0.05) is 24.8 Å². The molecule has 0 saturated heterocycles. The summed E-state index contributed by atoms with van der Waals surface area (Å²) in [7, 11) is 0. The summed E-state index contributed by atoms with van der Waals surface area (Å²) < 4.78 is 83.6. The molecular formula is C29H24F5NO5. The van der Waals surface area contributed by atoms with Gasteiger partial charge in [-0.25, -0.2) is 18.0 Å². The number of nitrogens with zero attached hydrogens (tertiary/aromatic N) is 1. The van der Waals surface area contributed by atoms with E-state index in [2.05, 4.69) is 18.7 Å². The number of aryl methyl sites for hydroxylation is 1. The van der Waals surface area contributed by atoms with Gasteiger partial charge in [-0.05, 0) is 63.1 Å². The van der Waals surface area contributed by atoms with E-state index in [9.17, 15) is 31.5 Å². The van der Waals surface area contributed by atoms with Crippen LogP contribution in [0.25, 0.3) is 6.08 Å². The van der Waals surface area contributed by atoms with Crippen LogP contribution in [0.3, 0.4) is 0 Å². The Morgan fingerprint density at radius 1 is 0.950 bits per heavy atom. The molecule has 6 nitrogen and oxygen atoms in total. The van der Waals surface area contributed by atoms with E-state index in [1.165, 1.54) is 12.1 Å². The highest BCUT2D eigenvalue weighted by molar-refractivity contribution is 6.15. The van der Waals surface area contributed by atoms with Gasteiger partial charge in [0.2, 0.25) is 34.9 Å². The van der Waals surface area contributed by atoms with Gasteiger partial charge in [0.1, 0.15) is 11.5 Å². The molecule has 1 atom stereocenters. The van der Waals surface area contributed by atoms with Gasteiger partial charge >= 0.3 is 5.97 Å². The number of anilines is 1. The third-order valence-corrected chi connectivity index (χ3v) is 6.28. The Kier molecular flexibility index (Phi) is 8.13. The lowest BCUT2D eigenvalue weighted by Gasteiger charge is -2.20. The number of carbonyl (C=O) groups excluding carboxylic acids is 2. The number of Topliss-reactive ketones (excluding diaryl/α,β-unsaturated/α-hetero) is 1. The molecule has 210 valence electrons. The lowest BCUT2D eigenvalue weighted by atomic mass is 10.0. The second kappa shape index (κ2) is 11.4. The summed E-state index contributed by atoms with van der Waals surface area (Å²) in [6.45, 7) is 8.40. The first-order chi connectivity index (χ1) is 19.0. The molecule has 1 aliphatic heterocycles. The van der Waals surface area contributed by atoms with Crippen LogP contribution in [-0.2, 0) is 4.79 Å². The van der Waals surface area contributed by atoms with E-state index >= 15 is 0 Å². The first-order valence-electron chi connectivity index (χ1n) is 12.3. The molecular weight excluding hydrogens is 537 g/mol. The van der Waals surface area contributed by atoms with Gasteiger partial charge in [0.25, 0.3) is 0 Å². The number of rotatable bonds is 8. The fraction of sp³-hybridized carbons (Fsp3) is 0.241. The van der Waals surface area contributed by atoms with Crippen LogP contribution in [0.15, 0.2) is 42.2 Å². The van der Waals surface area contributed by atoms with Crippen molar-refractivity contribution in [3.05, 3.63) is 87.9 Å². The Labute approximate surface area is 226 Å². The van der Waals surface area contributed by atoms with Crippen LogP contribution in [0.1, 0.15) is 42.3 Å². The molecule has 0 saturated carbocycles. The maximum atomic E-state index is 13.9. The molecule has 0 aliphatic carbocycles. The largest absolute Gasteiger partial charge is 0.473 e. The number of benzene rings is 3. The van der Waals surface area contributed by atoms with Crippen molar-refractivity contribution in [3.63, 3.8) is 0 Å². The van der Waals surface area contributed by atoms with E-state index < -0.39 is 46.9 Å². The molecule has 0 N–H and O–H groups in total. The fourth-order valence-electron chi connectivity index (χ4n) is 4.17. The first kappa shape index (κ1) is 28.6. The van der Waals surface area contributed by atoms with Crippen LogP contribution < -0.4 is 19.1 Å². The monoisotopic (exact) mass is 561 g/mol. The molecule has 0 spiro atoms. The second-order valence-electron chi connectivity index (χ2n) is 8.90. The normalized spacial score (nSPS) is 14.1. The molecule has 11 heteroatoms. The third-order valence-electron chi connectivity index (χ3n) is 6.28. The summed E-state index contributed by atoms with van der Waals surface area (Å²) in [5.41, 5.74) is 2.45. The number of hydrogen-bond acceptors (Lipinski definition) is 6. The molecule has 1 unspecified atom stereocenters. The van der Waals surface area contributed by atoms with Crippen LogP contribution in [0.2, 0.25) is 0 Å². The smallest absolute Gasteiger partial charge is 0.352 e. The van der Waals surface area contributed by atoms with E-state index in [0.717, 1.165) is 31.3 Å². The topological polar surface area (TPSA) is 65.1 Å². The minimum absolute atomic E-state index is 0.0557. The highest BCUT2D eigenvalue weighted by Gasteiger charge is 2.32. The maximum Gasteiger partial charge on any atom is 0.352 e. The Bertz CT molecular complexity index is 1490. The van der Waals surface area contributed by atoms with Crippen LogP contribution in [0.5, 0.6) is 17.2 Å². The molecule has 40 heavy (non-hydrogen) atoms. The molecule has 0 aromatic heterocycles.